The van der Waals surface area contributed by atoms with Crippen molar-refractivity contribution >= 4 is 29.7 Å². The molecule has 5 heteroatoms. The summed E-state index contributed by atoms with van der Waals surface area (Å²) in [6, 6.07) is 2.18. The van der Waals surface area contributed by atoms with Gasteiger partial charge in [-0.15, -0.1) is 23.7 Å². The van der Waals surface area contributed by atoms with Crippen LogP contribution in [0.25, 0.3) is 0 Å². The monoisotopic (exact) mass is 342 g/mol. The fraction of sp³-hybridized carbons (Fsp3) is 0.706. The molecule has 2 aliphatic rings. The lowest BCUT2D eigenvalue weighted by molar-refractivity contribution is 0.0740. The first-order chi connectivity index (χ1) is 9.95. The van der Waals surface area contributed by atoms with Gasteiger partial charge in [0, 0.05) is 31.1 Å². The Labute approximate surface area is 143 Å². The van der Waals surface area contributed by atoms with Crippen LogP contribution in [0, 0.1) is 11.3 Å². The highest BCUT2D eigenvalue weighted by Crippen LogP contribution is 2.40. The van der Waals surface area contributed by atoms with Gasteiger partial charge in [0.15, 0.2) is 0 Å². The molecule has 1 atom stereocenters. The molecule has 1 aromatic heterocycles. The van der Waals surface area contributed by atoms with Crippen molar-refractivity contribution < 1.29 is 4.79 Å². The number of aryl methyl sites for hydroxylation is 1. The minimum absolute atomic E-state index is 0. The van der Waals surface area contributed by atoms with E-state index in [2.05, 4.69) is 32.2 Å². The van der Waals surface area contributed by atoms with Crippen LogP contribution in [0.5, 0.6) is 0 Å². The van der Waals surface area contributed by atoms with Crippen LogP contribution in [-0.2, 0) is 12.8 Å². The van der Waals surface area contributed by atoms with E-state index in [4.69, 9.17) is 0 Å². The fourth-order valence-corrected chi connectivity index (χ4v) is 4.57. The van der Waals surface area contributed by atoms with Crippen molar-refractivity contribution in [3.8, 4) is 0 Å². The Kier molecular flexibility index (Phi) is 5.57. The molecule has 1 amide bonds. The van der Waals surface area contributed by atoms with Gasteiger partial charge in [-0.05, 0) is 42.2 Å². The zero-order valence-electron chi connectivity index (χ0n) is 13.8. The predicted molar refractivity (Wildman–Crippen MR) is 95.3 cm³/mol. The van der Waals surface area contributed by atoms with Crippen LogP contribution >= 0.6 is 23.7 Å². The normalized spacial score (nSPS) is 22.0. The summed E-state index contributed by atoms with van der Waals surface area (Å²) >= 11 is 1.74. The van der Waals surface area contributed by atoms with Crippen molar-refractivity contribution in [2.24, 2.45) is 11.3 Å². The molecule has 0 saturated carbocycles. The lowest BCUT2D eigenvalue weighted by Gasteiger charge is -2.33. The number of amides is 1. The van der Waals surface area contributed by atoms with Crippen molar-refractivity contribution in [1.29, 1.82) is 0 Å². The summed E-state index contributed by atoms with van der Waals surface area (Å²) in [6.07, 6.45) is 3.55. The molecule has 0 bridgehead atoms. The molecule has 3 nitrogen and oxygen atoms in total. The van der Waals surface area contributed by atoms with E-state index in [-0.39, 0.29) is 18.3 Å². The molecule has 1 N–H and O–H groups in total. The van der Waals surface area contributed by atoms with Crippen LogP contribution in [0.3, 0.4) is 0 Å². The number of hydrogen-bond acceptors (Lipinski definition) is 3. The van der Waals surface area contributed by atoms with Gasteiger partial charge >= 0.3 is 0 Å². The van der Waals surface area contributed by atoms with E-state index in [0.717, 1.165) is 49.8 Å². The van der Waals surface area contributed by atoms with Gasteiger partial charge in [-0.3, -0.25) is 4.79 Å². The summed E-state index contributed by atoms with van der Waals surface area (Å²) in [5, 5.41) is 3.30. The molecule has 22 heavy (non-hydrogen) atoms. The molecule has 0 aromatic carbocycles. The van der Waals surface area contributed by atoms with Gasteiger partial charge in [0.05, 0.1) is 4.88 Å². The largest absolute Gasteiger partial charge is 0.335 e. The number of nitrogens with one attached hydrogen (secondary N) is 1. The smallest absolute Gasteiger partial charge is 0.264 e. The minimum Gasteiger partial charge on any atom is -0.335 e. The topological polar surface area (TPSA) is 32.3 Å². The van der Waals surface area contributed by atoms with Gasteiger partial charge in [-0.1, -0.05) is 20.8 Å². The van der Waals surface area contributed by atoms with E-state index in [9.17, 15) is 4.79 Å². The van der Waals surface area contributed by atoms with E-state index >= 15 is 0 Å². The third-order valence-corrected chi connectivity index (χ3v) is 6.15. The van der Waals surface area contributed by atoms with Crippen LogP contribution in [0.2, 0.25) is 0 Å². The highest BCUT2D eigenvalue weighted by molar-refractivity contribution is 7.14. The van der Waals surface area contributed by atoms with Crippen LogP contribution in [0.1, 0.15) is 47.3 Å². The molecule has 3 rings (SSSR count). The van der Waals surface area contributed by atoms with Crippen molar-refractivity contribution in [3.63, 3.8) is 0 Å². The Balaban J connectivity index is 0.00000176. The van der Waals surface area contributed by atoms with Crippen LogP contribution in [0.15, 0.2) is 6.07 Å². The van der Waals surface area contributed by atoms with Crippen LogP contribution in [0.4, 0.5) is 0 Å². The average molecular weight is 343 g/mol. The van der Waals surface area contributed by atoms with Crippen molar-refractivity contribution in [2.75, 3.05) is 26.2 Å². The molecule has 1 aliphatic carbocycles. The third kappa shape index (κ3) is 3.66. The summed E-state index contributed by atoms with van der Waals surface area (Å²) < 4.78 is 0. The van der Waals surface area contributed by atoms with E-state index in [1.54, 1.807) is 11.3 Å². The highest BCUT2D eigenvalue weighted by atomic mass is 35.5. The molecule has 1 saturated heterocycles. The summed E-state index contributed by atoms with van der Waals surface area (Å²) in [7, 11) is 0. The third-order valence-electron chi connectivity index (χ3n) is 4.92. The maximum Gasteiger partial charge on any atom is 0.264 e. The standard InChI is InChI=1S/C17H26N2OS.ClH/c1-17(2,3)13-4-5-14-12(10-13)11-15(21-14)16(20)19-8-6-18-7-9-19;/h11,13,18H,4-10H2,1-3H3;1H. The van der Waals surface area contributed by atoms with E-state index in [0.29, 0.717) is 5.41 Å². The average Bonchev–Trinajstić information content (AvgIpc) is 2.89. The molecule has 0 spiro atoms. The molecular weight excluding hydrogens is 316 g/mol. The molecule has 1 unspecified atom stereocenters. The zero-order chi connectivity index (χ0) is 15.0. The Morgan fingerprint density at radius 2 is 2.00 bits per heavy atom. The molecular formula is C17H27ClN2OS. The first kappa shape index (κ1) is 17.8. The predicted octanol–water partition coefficient (Wildman–Crippen LogP) is 3.37. The first-order valence-electron chi connectivity index (χ1n) is 8.07. The van der Waals surface area contributed by atoms with Crippen molar-refractivity contribution in [3.05, 3.63) is 21.4 Å². The number of halogens is 1. The number of piperazine rings is 1. The van der Waals surface area contributed by atoms with Gasteiger partial charge in [0.1, 0.15) is 0 Å². The van der Waals surface area contributed by atoms with E-state index in [1.165, 1.54) is 16.9 Å². The molecule has 1 aliphatic heterocycles. The number of rotatable bonds is 1. The second-order valence-electron chi connectivity index (χ2n) is 7.41. The number of carbonyl (C=O) groups is 1. The SMILES string of the molecule is CC(C)(C)C1CCc2sc(C(=O)N3CCNCC3)cc2C1.Cl. The number of carbonyl (C=O) groups excluding carboxylic acids is 1. The Morgan fingerprint density at radius 1 is 1.32 bits per heavy atom. The van der Waals surface area contributed by atoms with E-state index < -0.39 is 0 Å². The lowest BCUT2D eigenvalue weighted by Crippen LogP contribution is -2.46. The molecule has 2 heterocycles. The van der Waals surface area contributed by atoms with Gasteiger partial charge in [-0.25, -0.2) is 0 Å². The number of fused-ring (bicyclic) bond motifs is 1. The van der Waals surface area contributed by atoms with Crippen LogP contribution in [-0.4, -0.2) is 37.0 Å². The quantitative estimate of drug-likeness (QED) is 0.848. The van der Waals surface area contributed by atoms with Crippen molar-refractivity contribution in [1.82, 2.24) is 10.2 Å². The summed E-state index contributed by atoms with van der Waals surface area (Å²) in [5.41, 5.74) is 1.80. The second kappa shape index (κ2) is 6.90. The Bertz CT molecular complexity index is 529. The summed E-state index contributed by atoms with van der Waals surface area (Å²) in [4.78, 5) is 17.0. The maximum absolute atomic E-state index is 12.6. The van der Waals surface area contributed by atoms with Crippen LogP contribution < -0.4 is 5.32 Å². The second-order valence-corrected chi connectivity index (χ2v) is 8.54. The Morgan fingerprint density at radius 3 is 2.64 bits per heavy atom. The summed E-state index contributed by atoms with van der Waals surface area (Å²) in [5.74, 6) is 0.977. The highest BCUT2D eigenvalue weighted by Gasteiger charge is 2.31. The van der Waals surface area contributed by atoms with Gasteiger partial charge in [0.25, 0.3) is 5.91 Å². The van der Waals surface area contributed by atoms with Gasteiger partial charge in [-0.2, -0.15) is 0 Å². The Hall–Kier alpha value is -0.580. The zero-order valence-corrected chi connectivity index (χ0v) is 15.4. The first-order valence-corrected chi connectivity index (χ1v) is 8.88. The van der Waals surface area contributed by atoms with Gasteiger partial charge in [0.2, 0.25) is 0 Å². The fourth-order valence-electron chi connectivity index (χ4n) is 3.39. The van der Waals surface area contributed by atoms with E-state index in [1.807, 2.05) is 4.90 Å². The molecule has 0 radical (unpaired) electrons. The number of nitrogens with zero attached hydrogens (tertiary/aromatic N) is 1. The minimum atomic E-state index is 0. The van der Waals surface area contributed by atoms with Gasteiger partial charge < -0.3 is 10.2 Å². The maximum atomic E-state index is 12.6. The number of hydrogen-bond donors (Lipinski definition) is 1. The number of thiophene rings is 1. The summed E-state index contributed by atoms with van der Waals surface area (Å²) in [6.45, 7) is 10.5. The lowest BCUT2D eigenvalue weighted by atomic mass is 9.72. The molecule has 1 fully saturated rings. The molecule has 124 valence electrons. The molecule has 1 aromatic rings. The van der Waals surface area contributed by atoms with Crippen molar-refractivity contribution in [2.45, 2.75) is 40.0 Å².